The summed E-state index contributed by atoms with van der Waals surface area (Å²) < 4.78 is 0. The number of hydrogen-bond donors (Lipinski definition) is 1. The fourth-order valence-electron chi connectivity index (χ4n) is 5.34. The van der Waals surface area contributed by atoms with Crippen molar-refractivity contribution in [3.8, 4) is 0 Å². The number of aromatic amines is 1. The maximum atomic E-state index is 12.9. The van der Waals surface area contributed by atoms with Gasteiger partial charge in [-0.25, -0.2) is 4.98 Å². The lowest BCUT2D eigenvalue weighted by molar-refractivity contribution is -0.133. The Morgan fingerprint density at radius 3 is 2.60 bits per heavy atom. The second-order valence-electron chi connectivity index (χ2n) is 10.7. The van der Waals surface area contributed by atoms with Crippen molar-refractivity contribution in [2.24, 2.45) is 23.2 Å². The summed E-state index contributed by atoms with van der Waals surface area (Å²) in [6, 6.07) is 0. The largest absolute Gasteiger partial charge is 0.342 e. The van der Waals surface area contributed by atoms with Crippen molar-refractivity contribution in [3.63, 3.8) is 0 Å². The molecule has 1 saturated heterocycles. The van der Waals surface area contributed by atoms with Crippen LogP contribution in [-0.2, 0) is 24.1 Å². The minimum absolute atomic E-state index is 0.0330. The predicted octanol–water partition coefficient (Wildman–Crippen LogP) is 4.57. The predicted molar refractivity (Wildman–Crippen MR) is 123 cm³/mol. The van der Waals surface area contributed by atoms with Gasteiger partial charge in [-0.3, -0.25) is 9.59 Å². The van der Waals surface area contributed by atoms with Crippen molar-refractivity contribution in [3.05, 3.63) is 26.6 Å². The van der Waals surface area contributed by atoms with E-state index in [-0.39, 0.29) is 16.9 Å². The third-order valence-corrected chi connectivity index (χ3v) is 8.14. The first kappa shape index (κ1) is 21.5. The molecule has 30 heavy (non-hydrogen) atoms. The van der Waals surface area contributed by atoms with Crippen molar-refractivity contribution in [2.75, 3.05) is 13.1 Å². The van der Waals surface area contributed by atoms with E-state index in [2.05, 4.69) is 39.6 Å². The van der Waals surface area contributed by atoms with Crippen molar-refractivity contribution in [1.29, 1.82) is 0 Å². The molecule has 0 bridgehead atoms. The molecule has 164 valence electrons. The molecular weight excluding hydrogens is 394 g/mol. The summed E-state index contributed by atoms with van der Waals surface area (Å²) in [6.07, 6.45) is 5.23. The highest BCUT2D eigenvalue weighted by atomic mass is 32.1. The number of thiophene rings is 1. The van der Waals surface area contributed by atoms with Gasteiger partial charge in [0, 0.05) is 30.8 Å². The quantitative estimate of drug-likeness (QED) is 0.777. The van der Waals surface area contributed by atoms with Crippen molar-refractivity contribution < 1.29 is 4.79 Å². The molecule has 0 saturated carbocycles. The lowest BCUT2D eigenvalue weighted by atomic mass is 9.72. The maximum Gasteiger partial charge on any atom is 0.259 e. The van der Waals surface area contributed by atoms with E-state index in [0.717, 1.165) is 42.6 Å². The number of H-pyrrole nitrogens is 1. The number of aromatic nitrogens is 2. The molecule has 0 aromatic carbocycles. The molecule has 0 unspecified atom stereocenters. The summed E-state index contributed by atoms with van der Waals surface area (Å²) >= 11 is 1.68. The Balaban J connectivity index is 1.50. The molecule has 4 rings (SSSR count). The van der Waals surface area contributed by atoms with Gasteiger partial charge in [-0.2, -0.15) is 0 Å². The van der Waals surface area contributed by atoms with E-state index in [1.807, 2.05) is 4.90 Å². The molecule has 2 aromatic heterocycles. The minimum atomic E-state index is -0.0330. The van der Waals surface area contributed by atoms with Crippen LogP contribution in [0.2, 0.25) is 0 Å². The van der Waals surface area contributed by atoms with E-state index >= 15 is 0 Å². The van der Waals surface area contributed by atoms with Gasteiger partial charge < -0.3 is 9.88 Å². The van der Waals surface area contributed by atoms with Crippen LogP contribution in [0.1, 0.15) is 70.1 Å². The van der Waals surface area contributed by atoms with Crippen LogP contribution in [0.15, 0.2) is 4.79 Å². The van der Waals surface area contributed by atoms with Gasteiger partial charge in [-0.15, -0.1) is 11.3 Å². The number of carbonyl (C=O) groups is 1. The molecule has 1 amide bonds. The fourth-order valence-corrected chi connectivity index (χ4v) is 6.66. The van der Waals surface area contributed by atoms with Gasteiger partial charge in [0.1, 0.15) is 10.7 Å². The molecule has 6 heteroatoms. The lowest BCUT2D eigenvalue weighted by Gasteiger charge is -2.35. The molecule has 3 atom stereocenters. The van der Waals surface area contributed by atoms with E-state index in [1.165, 1.54) is 16.9 Å². The highest BCUT2D eigenvalue weighted by Gasteiger charge is 2.32. The summed E-state index contributed by atoms with van der Waals surface area (Å²) in [7, 11) is 0. The average molecular weight is 430 g/mol. The SMILES string of the molecule is C[C@@H]1C[C@H](C)CN(C(=O)CCc2nc3sc4c(c3c(=O)[nH]2)CC[C@@H](C(C)(C)C)C4)C1. The number of aryl methyl sites for hydroxylation is 2. The zero-order valence-electron chi connectivity index (χ0n) is 19.0. The van der Waals surface area contributed by atoms with Gasteiger partial charge in [0.15, 0.2) is 0 Å². The smallest absolute Gasteiger partial charge is 0.259 e. The molecule has 1 aliphatic heterocycles. The van der Waals surface area contributed by atoms with E-state index in [0.29, 0.717) is 36.4 Å². The van der Waals surface area contributed by atoms with Crippen molar-refractivity contribution >= 4 is 27.5 Å². The lowest BCUT2D eigenvalue weighted by Crippen LogP contribution is -2.42. The zero-order valence-corrected chi connectivity index (χ0v) is 19.8. The standard InChI is InChI=1S/C24H35N3O2S/c1-14-10-15(2)13-27(12-14)20(28)9-8-19-25-22(29)21-17-7-6-16(24(3,4)5)11-18(17)30-23(21)26-19/h14-16H,6-13H2,1-5H3,(H,25,26,29)/t14-,15+,16-/m1/s1. The van der Waals surface area contributed by atoms with Gasteiger partial charge in [0.25, 0.3) is 5.56 Å². The molecule has 3 heterocycles. The summed E-state index contributed by atoms with van der Waals surface area (Å²) in [4.78, 5) is 37.5. The normalized spacial score (nSPS) is 24.8. The van der Waals surface area contributed by atoms with Gasteiger partial charge in [0.2, 0.25) is 5.91 Å². The Morgan fingerprint density at radius 2 is 1.93 bits per heavy atom. The summed E-state index contributed by atoms with van der Waals surface area (Å²) in [6.45, 7) is 13.0. The highest BCUT2D eigenvalue weighted by molar-refractivity contribution is 7.18. The summed E-state index contributed by atoms with van der Waals surface area (Å²) in [5, 5.41) is 0.788. The van der Waals surface area contributed by atoms with Crippen molar-refractivity contribution in [1.82, 2.24) is 14.9 Å². The number of amides is 1. The maximum absolute atomic E-state index is 12.9. The van der Waals surface area contributed by atoms with Crippen LogP contribution in [0.3, 0.4) is 0 Å². The average Bonchev–Trinajstić information content (AvgIpc) is 3.02. The van der Waals surface area contributed by atoms with Crippen LogP contribution in [-0.4, -0.2) is 33.9 Å². The zero-order chi connectivity index (χ0) is 21.6. The molecule has 1 aliphatic carbocycles. The Kier molecular flexibility index (Phi) is 5.82. The third kappa shape index (κ3) is 4.34. The van der Waals surface area contributed by atoms with E-state index in [9.17, 15) is 9.59 Å². The van der Waals surface area contributed by atoms with E-state index in [4.69, 9.17) is 4.98 Å². The molecule has 0 radical (unpaired) electrons. The number of nitrogens with zero attached hydrogens (tertiary/aromatic N) is 2. The first-order valence-corrected chi connectivity index (χ1v) is 12.2. The number of nitrogens with one attached hydrogen (secondary N) is 1. The molecule has 1 N–H and O–H groups in total. The van der Waals surface area contributed by atoms with Crippen LogP contribution in [0, 0.1) is 23.2 Å². The van der Waals surface area contributed by atoms with Gasteiger partial charge in [0.05, 0.1) is 5.39 Å². The number of rotatable bonds is 3. The monoisotopic (exact) mass is 429 g/mol. The minimum Gasteiger partial charge on any atom is -0.342 e. The number of fused-ring (bicyclic) bond motifs is 3. The van der Waals surface area contributed by atoms with E-state index in [1.54, 1.807) is 11.3 Å². The first-order valence-electron chi connectivity index (χ1n) is 11.4. The number of piperidine rings is 1. The van der Waals surface area contributed by atoms with Crippen molar-refractivity contribution in [2.45, 2.75) is 73.1 Å². The van der Waals surface area contributed by atoms with Gasteiger partial charge >= 0.3 is 0 Å². The third-order valence-electron chi connectivity index (χ3n) is 6.99. The molecule has 0 spiro atoms. The molecule has 1 fully saturated rings. The topological polar surface area (TPSA) is 66.1 Å². The number of likely N-dealkylation sites (tertiary alicyclic amines) is 1. The molecule has 2 aromatic rings. The van der Waals surface area contributed by atoms with Crippen LogP contribution < -0.4 is 5.56 Å². The van der Waals surface area contributed by atoms with Gasteiger partial charge in [-0.05, 0) is 54.4 Å². The van der Waals surface area contributed by atoms with Gasteiger partial charge in [-0.1, -0.05) is 34.6 Å². The second kappa shape index (κ2) is 8.10. The van der Waals surface area contributed by atoms with Crippen LogP contribution in [0.25, 0.3) is 10.2 Å². The Morgan fingerprint density at radius 1 is 1.23 bits per heavy atom. The number of hydrogen-bond acceptors (Lipinski definition) is 4. The van der Waals surface area contributed by atoms with Crippen LogP contribution in [0.5, 0.6) is 0 Å². The Bertz CT molecular complexity index is 990. The first-order chi connectivity index (χ1) is 14.1. The summed E-state index contributed by atoms with van der Waals surface area (Å²) in [5.41, 5.74) is 1.46. The van der Waals surface area contributed by atoms with Crippen LogP contribution >= 0.6 is 11.3 Å². The molecule has 5 nitrogen and oxygen atoms in total. The molecule has 2 aliphatic rings. The van der Waals surface area contributed by atoms with E-state index < -0.39 is 0 Å². The summed E-state index contributed by atoms with van der Waals surface area (Å²) in [5.74, 6) is 2.57. The molecular formula is C24H35N3O2S. The highest BCUT2D eigenvalue weighted by Crippen LogP contribution is 2.42. The Labute approximate surface area is 183 Å². The van der Waals surface area contributed by atoms with Crippen LogP contribution in [0.4, 0.5) is 0 Å². The Hall–Kier alpha value is -1.69. The number of carbonyl (C=O) groups excluding carboxylic acids is 1. The fraction of sp³-hybridized carbons (Fsp3) is 0.708. The second-order valence-corrected chi connectivity index (χ2v) is 11.8.